The summed E-state index contributed by atoms with van der Waals surface area (Å²) in [6.07, 6.45) is -1.02. The standard InChI is InChI=1S/C13H20F3N3O/c1-9-7-17-12(20-9)10(2)18-11-3-5-19(6-4-11)8-13(14,15)16/h7,10-11,18H,3-6,8H2,1-2H3. The van der Waals surface area contributed by atoms with Gasteiger partial charge in [-0.05, 0) is 39.8 Å². The van der Waals surface area contributed by atoms with E-state index in [9.17, 15) is 13.2 Å². The summed E-state index contributed by atoms with van der Waals surface area (Å²) in [5.74, 6) is 1.38. The van der Waals surface area contributed by atoms with Gasteiger partial charge in [0.1, 0.15) is 5.76 Å². The van der Waals surface area contributed by atoms with Crippen molar-refractivity contribution in [3.8, 4) is 0 Å². The lowest BCUT2D eigenvalue weighted by molar-refractivity contribution is -0.148. The maximum Gasteiger partial charge on any atom is 0.401 e. The van der Waals surface area contributed by atoms with Crippen molar-refractivity contribution in [2.75, 3.05) is 19.6 Å². The molecule has 0 radical (unpaired) electrons. The van der Waals surface area contributed by atoms with Gasteiger partial charge in [0.15, 0.2) is 0 Å². The van der Waals surface area contributed by atoms with Crippen LogP contribution in [0.4, 0.5) is 13.2 Å². The lowest BCUT2D eigenvalue weighted by Crippen LogP contribution is -2.46. The minimum atomic E-state index is -4.11. The summed E-state index contributed by atoms with van der Waals surface area (Å²) in [7, 11) is 0. The van der Waals surface area contributed by atoms with E-state index in [0.717, 1.165) is 5.76 Å². The molecule has 114 valence electrons. The summed E-state index contributed by atoms with van der Waals surface area (Å²) in [6.45, 7) is 3.91. The SMILES string of the molecule is Cc1cnc(C(C)NC2CCN(CC(F)(F)F)CC2)o1. The largest absolute Gasteiger partial charge is 0.444 e. The monoisotopic (exact) mass is 291 g/mol. The molecule has 7 heteroatoms. The summed E-state index contributed by atoms with van der Waals surface area (Å²) in [4.78, 5) is 5.61. The van der Waals surface area contributed by atoms with Gasteiger partial charge in [0.25, 0.3) is 0 Å². The van der Waals surface area contributed by atoms with Crippen LogP contribution in [0.5, 0.6) is 0 Å². The van der Waals surface area contributed by atoms with Crippen molar-refractivity contribution in [3.63, 3.8) is 0 Å². The topological polar surface area (TPSA) is 41.3 Å². The maximum absolute atomic E-state index is 12.3. The van der Waals surface area contributed by atoms with E-state index in [2.05, 4.69) is 10.3 Å². The molecule has 0 aromatic carbocycles. The molecule has 1 saturated heterocycles. The van der Waals surface area contributed by atoms with Crippen molar-refractivity contribution in [3.05, 3.63) is 17.8 Å². The van der Waals surface area contributed by atoms with Gasteiger partial charge in [-0.3, -0.25) is 4.90 Å². The lowest BCUT2D eigenvalue weighted by Gasteiger charge is -2.33. The number of oxazole rings is 1. The number of likely N-dealkylation sites (tertiary alicyclic amines) is 1. The van der Waals surface area contributed by atoms with Crippen molar-refractivity contribution in [2.45, 2.75) is 44.9 Å². The fourth-order valence-electron chi connectivity index (χ4n) is 2.51. The molecule has 1 atom stereocenters. The van der Waals surface area contributed by atoms with Crippen molar-refractivity contribution in [2.24, 2.45) is 0 Å². The first kappa shape index (κ1) is 15.3. The molecule has 1 aromatic heterocycles. The number of alkyl halides is 3. The summed E-state index contributed by atoms with van der Waals surface area (Å²) in [6, 6.07) is 0.185. The number of aromatic nitrogens is 1. The molecule has 0 spiro atoms. The van der Waals surface area contributed by atoms with Gasteiger partial charge >= 0.3 is 6.18 Å². The second-order valence-corrected chi connectivity index (χ2v) is 5.36. The van der Waals surface area contributed by atoms with E-state index in [-0.39, 0.29) is 12.1 Å². The maximum atomic E-state index is 12.3. The molecule has 1 fully saturated rings. The van der Waals surface area contributed by atoms with E-state index in [1.54, 1.807) is 6.20 Å². The molecule has 20 heavy (non-hydrogen) atoms. The Bertz CT molecular complexity index is 425. The van der Waals surface area contributed by atoms with Crippen LogP contribution in [0.1, 0.15) is 37.5 Å². The van der Waals surface area contributed by atoms with E-state index < -0.39 is 12.7 Å². The van der Waals surface area contributed by atoms with E-state index >= 15 is 0 Å². The van der Waals surface area contributed by atoms with Crippen molar-refractivity contribution in [1.82, 2.24) is 15.2 Å². The summed E-state index contributed by atoms with van der Waals surface area (Å²) in [5, 5.41) is 3.37. The molecular formula is C13H20F3N3O. The minimum absolute atomic E-state index is 0.0251. The Kier molecular flexibility index (Phi) is 4.70. The molecule has 0 aliphatic carbocycles. The predicted octanol–water partition coefficient (Wildman–Crippen LogP) is 2.66. The van der Waals surface area contributed by atoms with Crippen LogP contribution in [0, 0.1) is 6.92 Å². The number of hydrogen-bond acceptors (Lipinski definition) is 4. The molecule has 1 aliphatic heterocycles. The van der Waals surface area contributed by atoms with Crippen LogP contribution in [-0.4, -0.2) is 41.7 Å². The highest BCUT2D eigenvalue weighted by Crippen LogP contribution is 2.21. The van der Waals surface area contributed by atoms with Crippen LogP contribution >= 0.6 is 0 Å². The smallest absolute Gasteiger partial charge is 0.401 e. The first-order chi connectivity index (χ1) is 9.33. The molecule has 2 rings (SSSR count). The van der Waals surface area contributed by atoms with E-state index in [0.29, 0.717) is 31.8 Å². The van der Waals surface area contributed by atoms with Gasteiger partial charge in [-0.2, -0.15) is 13.2 Å². The van der Waals surface area contributed by atoms with E-state index in [1.807, 2.05) is 13.8 Å². The first-order valence-electron chi connectivity index (χ1n) is 6.81. The van der Waals surface area contributed by atoms with E-state index in [1.165, 1.54) is 4.90 Å². The van der Waals surface area contributed by atoms with Crippen LogP contribution in [-0.2, 0) is 0 Å². The van der Waals surface area contributed by atoms with Gasteiger partial charge in [-0.15, -0.1) is 0 Å². The number of aryl methyl sites for hydroxylation is 1. The number of rotatable bonds is 4. The van der Waals surface area contributed by atoms with Gasteiger partial charge < -0.3 is 9.73 Å². The predicted molar refractivity (Wildman–Crippen MR) is 68.3 cm³/mol. The zero-order chi connectivity index (χ0) is 14.8. The Hall–Kier alpha value is -1.08. The van der Waals surface area contributed by atoms with Gasteiger partial charge in [-0.25, -0.2) is 4.98 Å². The molecule has 0 saturated carbocycles. The molecule has 4 nitrogen and oxygen atoms in total. The fraction of sp³-hybridized carbons (Fsp3) is 0.769. The second kappa shape index (κ2) is 6.13. The van der Waals surface area contributed by atoms with Crippen molar-refractivity contribution < 1.29 is 17.6 Å². The third-order valence-corrected chi connectivity index (χ3v) is 3.49. The quantitative estimate of drug-likeness (QED) is 0.926. The van der Waals surface area contributed by atoms with Crippen LogP contribution in [0.3, 0.4) is 0 Å². The van der Waals surface area contributed by atoms with Gasteiger partial charge in [0.05, 0.1) is 18.8 Å². The molecule has 1 N–H and O–H groups in total. The average molecular weight is 291 g/mol. The van der Waals surface area contributed by atoms with Crippen LogP contribution in [0.15, 0.2) is 10.6 Å². The number of nitrogens with one attached hydrogen (secondary N) is 1. The number of piperidine rings is 1. The molecule has 1 aromatic rings. The summed E-state index contributed by atoms with van der Waals surface area (Å²) >= 11 is 0. The molecule has 0 bridgehead atoms. The third kappa shape index (κ3) is 4.49. The van der Waals surface area contributed by atoms with Crippen molar-refractivity contribution >= 4 is 0 Å². The Morgan fingerprint density at radius 1 is 1.45 bits per heavy atom. The highest BCUT2D eigenvalue weighted by Gasteiger charge is 2.32. The fourth-order valence-corrected chi connectivity index (χ4v) is 2.51. The highest BCUT2D eigenvalue weighted by atomic mass is 19.4. The van der Waals surface area contributed by atoms with Gasteiger partial charge in [-0.1, -0.05) is 0 Å². The van der Waals surface area contributed by atoms with Crippen molar-refractivity contribution in [1.29, 1.82) is 0 Å². The van der Waals surface area contributed by atoms with Gasteiger partial charge in [0, 0.05) is 6.04 Å². The molecule has 1 unspecified atom stereocenters. The van der Waals surface area contributed by atoms with Gasteiger partial charge in [0.2, 0.25) is 5.89 Å². The molecular weight excluding hydrogens is 271 g/mol. The summed E-state index contributed by atoms with van der Waals surface area (Å²) < 4.78 is 42.3. The molecule has 2 heterocycles. The van der Waals surface area contributed by atoms with Crippen LogP contribution in [0.2, 0.25) is 0 Å². The zero-order valence-electron chi connectivity index (χ0n) is 11.7. The van der Waals surface area contributed by atoms with Crippen LogP contribution < -0.4 is 5.32 Å². The van der Waals surface area contributed by atoms with E-state index in [4.69, 9.17) is 4.42 Å². The molecule has 1 aliphatic rings. The number of hydrogen-bond donors (Lipinski definition) is 1. The Morgan fingerprint density at radius 3 is 2.60 bits per heavy atom. The zero-order valence-corrected chi connectivity index (χ0v) is 11.7. The van der Waals surface area contributed by atoms with Crippen LogP contribution in [0.25, 0.3) is 0 Å². The highest BCUT2D eigenvalue weighted by molar-refractivity contribution is 4.96. The average Bonchev–Trinajstić information content (AvgIpc) is 2.77. The lowest BCUT2D eigenvalue weighted by atomic mass is 10.0. The Morgan fingerprint density at radius 2 is 2.10 bits per heavy atom. The number of halogens is 3. The summed E-state index contributed by atoms with van der Waals surface area (Å²) in [5.41, 5.74) is 0. The minimum Gasteiger partial charge on any atom is -0.444 e. The molecule has 0 amide bonds. The Labute approximate surface area is 116 Å². The number of nitrogens with zero attached hydrogens (tertiary/aromatic N) is 2. The normalized spacial score (nSPS) is 20.2. The Balaban J connectivity index is 1.77. The first-order valence-corrected chi connectivity index (χ1v) is 6.81. The second-order valence-electron chi connectivity index (χ2n) is 5.36. The third-order valence-electron chi connectivity index (χ3n) is 3.49.